The number of benzene rings is 4. The summed E-state index contributed by atoms with van der Waals surface area (Å²) in [4.78, 5) is 11.6. The summed E-state index contributed by atoms with van der Waals surface area (Å²) in [5.41, 5.74) is 6.67. The summed E-state index contributed by atoms with van der Waals surface area (Å²) in [6.07, 6.45) is -0.941. The van der Waals surface area contributed by atoms with E-state index in [9.17, 15) is 9.90 Å². The van der Waals surface area contributed by atoms with Gasteiger partial charge in [0.05, 0.1) is 26.4 Å². The first-order valence-electron chi connectivity index (χ1n) is 12.7. The zero-order valence-corrected chi connectivity index (χ0v) is 22.0. The highest BCUT2D eigenvalue weighted by Gasteiger charge is 2.34. The van der Waals surface area contributed by atoms with E-state index in [1.807, 2.05) is 97.1 Å². The molecule has 0 aromatic heterocycles. The summed E-state index contributed by atoms with van der Waals surface area (Å²) in [6.45, 7) is 1.39. The Labute approximate surface area is 229 Å². The van der Waals surface area contributed by atoms with E-state index < -0.39 is 18.2 Å². The molecule has 3 N–H and O–H groups in total. The third kappa shape index (κ3) is 9.57. The van der Waals surface area contributed by atoms with E-state index in [0.717, 1.165) is 11.1 Å². The predicted octanol–water partition coefficient (Wildman–Crippen LogP) is 5.59. The molecular weight excluding hydrogens is 494 g/mol. The molecule has 7 nitrogen and oxygen atoms in total. The second-order valence-corrected chi connectivity index (χ2v) is 8.41. The Kier molecular flexibility index (Phi) is 12.5. The molecule has 2 atom stereocenters. The van der Waals surface area contributed by atoms with Crippen molar-refractivity contribution < 1.29 is 28.8 Å². The van der Waals surface area contributed by atoms with E-state index in [1.54, 1.807) is 12.1 Å². The molecule has 1 heterocycles. The number of fused-ring (bicyclic) bond motifs is 1. The van der Waals surface area contributed by atoms with Gasteiger partial charge in [0.15, 0.2) is 23.7 Å². The van der Waals surface area contributed by atoms with Gasteiger partial charge in [0.25, 0.3) is 0 Å². The molecule has 0 spiro atoms. The van der Waals surface area contributed by atoms with Crippen LogP contribution < -0.4 is 15.2 Å². The summed E-state index contributed by atoms with van der Waals surface area (Å²) >= 11 is 0. The molecular formula is C32H35NO6. The van der Waals surface area contributed by atoms with Crippen LogP contribution in [0.25, 0.3) is 0 Å². The Bertz CT molecular complexity index is 1190. The zero-order chi connectivity index (χ0) is 27.7. The van der Waals surface area contributed by atoms with Crippen LogP contribution in [0.3, 0.4) is 0 Å². The molecule has 0 saturated heterocycles. The minimum Gasteiger partial charge on any atom is -0.480 e. The molecule has 0 amide bonds. The Balaban J connectivity index is 0.000000457. The van der Waals surface area contributed by atoms with Crippen molar-refractivity contribution in [1.29, 1.82) is 0 Å². The first-order chi connectivity index (χ1) is 19.2. The average Bonchev–Trinajstić information content (AvgIpc) is 3.00. The Hall–Kier alpha value is -4.17. The fourth-order valence-corrected chi connectivity index (χ4v) is 3.77. The molecule has 1 aliphatic rings. The lowest BCUT2D eigenvalue weighted by atomic mass is 10.1. The van der Waals surface area contributed by atoms with Crippen LogP contribution in [0, 0.1) is 0 Å². The van der Waals surface area contributed by atoms with Gasteiger partial charge in [0.1, 0.15) is 5.56 Å². The number of rotatable bonds is 9. The molecule has 0 aliphatic carbocycles. The highest BCUT2D eigenvalue weighted by atomic mass is 16.6. The van der Waals surface area contributed by atoms with E-state index in [-0.39, 0.29) is 24.5 Å². The number of carbonyl (C=O) groups is 1. The van der Waals surface area contributed by atoms with Crippen LogP contribution in [0.15, 0.2) is 115 Å². The van der Waals surface area contributed by atoms with Crippen molar-refractivity contribution in [3.8, 4) is 11.5 Å². The third-order valence-electron chi connectivity index (χ3n) is 5.63. The third-order valence-corrected chi connectivity index (χ3v) is 5.63. The van der Waals surface area contributed by atoms with Crippen molar-refractivity contribution in [3.05, 3.63) is 132 Å². The van der Waals surface area contributed by atoms with Gasteiger partial charge < -0.3 is 29.8 Å². The van der Waals surface area contributed by atoms with Gasteiger partial charge >= 0.3 is 5.97 Å². The molecule has 0 saturated carbocycles. The molecule has 5 rings (SSSR count). The molecule has 1 aliphatic heterocycles. The number of carboxylic acids is 1. The van der Waals surface area contributed by atoms with E-state index in [0.29, 0.717) is 19.0 Å². The summed E-state index contributed by atoms with van der Waals surface area (Å²) < 4.78 is 23.9. The van der Waals surface area contributed by atoms with Gasteiger partial charge in [-0.2, -0.15) is 0 Å². The van der Waals surface area contributed by atoms with E-state index in [1.165, 1.54) is 13.1 Å². The van der Waals surface area contributed by atoms with E-state index >= 15 is 0 Å². The highest BCUT2D eigenvalue weighted by Crippen LogP contribution is 2.37. The SMILES string of the molecule is CN.O=C(O)c1cccc2c1O[C@@H](COCc1ccccc1)[C@H](COCc1ccccc1)O2.c1ccccc1. The van der Waals surface area contributed by atoms with Crippen LogP contribution in [0.1, 0.15) is 21.5 Å². The Morgan fingerprint density at radius 1 is 0.667 bits per heavy atom. The summed E-state index contributed by atoms with van der Waals surface area (Å²) in [6, 6.07) is 36.5. The van der Waals surface area contributed by atoms with Crippen molar-refractivity contribution in [2.24, 2.45) is 5.73 Å². The zero-order valence-electron chi connectivity index (χ0n) is 22.0. The van der Waals surface area contributed by atoms with Crippen LogP contribution in [0.5, 0.6) is 11.5 Å². The van der Waals surface area contributed by atoms with Crippen molar-refractivity contribution in [2.75, 3.05) is 20.3 Å². The average molecular weight is 530 g/mol. The smallest absolute Gasteiger partial charge is 0.339 e. The minimum absolute atomic E-state index is 0.0641. The molecule has 0 radical (unpaired) electrons. The number of nitrogens with two attached hydrogens (primary N) is 1. The maximum Gasteiger partial charge on any atom is 0.339 e. The summed E-state index contributed by atoms with van der Waals surface area (Å²) in [5.74, 6) is -0.446. The van der Waals surface area contributed by atoms with Crippen molar-refractivity contribution >= 4 is 5.97 Å². The maximum absolute atomic E-state index is 11.6. The molecule has 0 unspecified atom stereocenters. The van der Waals surface area contributed by atoms with Crippen LogP contribution in [0.4, 0.5) is 0 Å². The molecule has 39 heavy (non-hydrogen) atoms. The summed E-state index contributed by atoms with van der Waals surface area (Å²) in [7, 11) is 1.50. The number of hydrogen-bond acceptors (Lipinski definition) is 6. The van der Waals surface area contributed by atoms with Gasteiger partial charge in [-0.1, -0.05) is 103 Å². The topological polar surface area (TPSA) is 100 Å². The van der Waals surface area contributed by atoms with Crippen molar-refractivity contribution in [1.82, 2.24) is 0 Å². The largest absolute Gasteiger partial charge is 0.480 e. The Morgan fingerprint density at radius 2 is 1.10 bits per heavy atom. The van der Waals surface area contributed by atoms with Crippen molar-refractivity contribution in [2.45, 2.75) is 25.4 Å². The van der Waals surface area contributed by atoms with Gasteiger partial charge in [-0.25, -0.2) is 4.79 Å². The normalized spacial score (nSPS) is 15.1. The van der Waals surface area contributed by atoms with Gasteiger partial charge in [-0.3, -0.25) is 0 Å². The Morgan fingerprint density at radius 3 is 1.56 bits per heavy atom. The number of carboxylic acid groups (broad SMARTS) is 1. The molecule has 204 valence electrons. The highest BCUT2D eigenvalue weighted by molar-refractivity contribution is 5.92. The maximum atomic E-state index is 11.6. The second-order valence-electron chi connectivity index (χ2n) is 8.41. The summed E-state index contributed by atoms with van der Waals surface area (Å²) in [5, 5.41) is 9.49. The van der Waals surface area contributed by atoms with Gasteiger partial charge in [-0.05, 0) is 30.3 Å². The van der Waals surface area contributed by atoms with Crippen LogP contribution in [-0.2, 0) is 22.7 Å². The molecule has 0 bridgehead atoms. The van der Waals surface area contributed by atoms with Crippen molar-refractivity contribution in [3.63, 3.8) is 0 Å². The lowest BCUT2D eigenvalue weighted by Crippen LogP contribution is -2.46. The fourth-order valence-electron chi connectivity index (χ4n) is 3.77. The quantitative estimate of drug-likeness (QED) is 0.292. The van der Waals surface area contributed by atoms with E-state index in [2.05, 4.69) is 5.73 Å². The molecule has 4 aromatic rings. The number of aromatic carboxylic acids is 1. The van der Waals surface area contributed by atoms with Gasteiger partial charge in [0, 0.05) is 0 Å². The molecule has 7 heteroatoms. The van der Waals surface area contributed by atoms with Crippen LogP contribution in [-0.4, -0.2) is 43.5 Å². The second kappa shape index (κ2) is 16.6. The van der Waals surface area contributed by atoms with Gasteiger partial charge in [-0.15, -0.1) is 0 Å². The standard InChI is InChI=1S/C25H24O6.C6H6.CH5N/c26-25(27)20-12-7-13-21-24(20)31-23(17-29-15-19-10-5-2-6-11-19)22(30-21)16-28-14-18-8-3-1-4-9-18;1-2-4-6-5-3-1;1-2/h1-13,22-23H,14-17H2,(H,26,27);1-6H;2H2,1H3/t22-,23-;;/m0../s1. The number of ether oxygens (including phenoxy) is 4. The molecule has 4 aromatic carbocycles. The van der Waals surface area contributed by atoms with Crippen LogP contribution in [0.2, 0.25) is 0 Å². The first-order valence-corrected chi connectivity index (χ1v) is 12.7. The minimum atomic E-state index is -1.07. The lowest BCUT2D eigenvalue weighted by Gasteiger charge is -2.34. The van der Waals surface area contributed by atoms with Gasteiger partial charge in [0.2, 0.25) is 0 Å². The fraction of sp³-hybridized carbons (Fsp3) is 0.219. The predicted molar refractivity (Wildman–Crippen MR) is 151 cm³/mol. The lowest BCUT2D eigenvalue weighted by molar-refractivity contribution is -0.0718. The monoisotopic (exact) mass is 529 g/mol. The van der Waals surface area contributed by atoms with E-state index in [4.69, 9.17) is 18.9 Å². The number of para-hydroxylation sites is 1. The number of hydrogen-bond donors (Lipinski definition) is 2. The molecule has 0 fully saturated rings. The van der Waals surface area contributed by atoms with Crippen LogP contribution >= 0.6 is 0 Å². The first kappa shape index (κ1) is 29.4.